The Kier molecular flexibility index (Phi) is 13.8. The fraction of sp³-hybridized carbons (Fsp3) is 0.389. The molecule has 0 saturated carbocycles. The first kappa shape index (κ1) is 33.4. The van der Waals surface area contributed by atoms with Crippen LogP contribution in [0.25, 0.3) is 22.1 Å². The normalized spacial score (nSPS) is 10.6. The maximum Gasteiger partial charge on any atom is 0.310 e. The van der Waals surface area contributed by atoms with Crippen LogP contribution in [0.5, 0.6) is 5.75 Å². The van der Waals surface area contributed by atoms with Gasteiger partial charge in [0, 0.05) is 36.0 Å². The third-order valence-corrected chi connectivity index (χ3v) is 7.00. The molecule has 0 aliphatic rings. The smallest absolute Gasteiger partial charge is 0.310 e. The highest BCUT2D eigenvalue weighted by Gasteiger charge is 2.14. The summed E-state index contributed by atoms with van der Waals surface area (Å²) in [6.07, 6.45) is 6.56. The summed E-state index contributed by atoms with van der Waals surface area (Å²) >= 11 is 0. The van der Waals surface area contributed by atoms with E-state index in [1.54, 1.807) is 13.2 Å². The number of fused-ring (bicyclic) bond motifs is 1. The minimum atomic E-state index is -0.313. The van der Waals surface area contributed by atoms with Crippen molar-refractivity contribution in [3.8, 4) is 16.9 Å². The number of carbonyl (C=O) groups is 2. The van der Waals surface area contributed by atoms with Gasteiger partial charge in [-0.15, -0.1) is 0 Å². The molecule has 0 bridgehead atoms. The van der Waals surface area contributed by atoms with Gasteiger partial charge in [-0.3, -0.25) is 9.59 Å². The molecule has 0 aliphatic carbocycles. The summed E-state index contributed by atoms with van der Waals surface area (Å²) in [5, 5.41) is 3.98. The zero-order valence-corrected chi connectivity index (χ0v) is 26.0. The number of carbonyl (C=O) groups excluding carboxylic acids is 2. The molecular formula is C36H46N2O5. The number of nitrogens with two attached hydrogens (primary N) is 1. The number of hydrogen-bond acceptors (Lipinski definition) is 6. The number of esters is 1. The van der Waals surface area contributed by atoms with Crippen molar-refractivity contribution in [2.75, 3.05) is 6.61 Å². The van der Waals surface area contributed by atoms with Crippen LogP contribution in [-0.2, 0) is 40.4 Å². The van der Waals surface area contributed by atoms with E-state index in [9.17, 15) is 9.59 Å². The van der Waals surface area contributed by atoms with Crippen molar-refractivity contribution in [3.63, 3.8) is 0 Å². The molecule has 0 atom stereocenters. The van der Waals surface area contributed by atoms with E-state index in [2.05, 4.69) is 24.4 Å². The Bertz CT molecular complexity index is 1460. The molecule has 7 nitrogen and oxygen atoms in total. The quantitative estimate of drug-likeness (QED) is 0.109. The molecule has 0 saturated heterocycles. The van der Waals surface area contributed by atoms with Gasteiger partial charge in [-0.1, -0.05) is 70.4 Å². The first-order valence-electron chi connectivity index (χ1n) is 15.5. The van der Waals surface area contributed by atoms with Gasteiger partial charge in [-0.25, -0.2) is 0 Å². The number of furan rings is 1. The van der Waals surface area contributed by atoms with Crippen LogP contribution in [0.1, 0.15) is 82.1 Å². The monoisotopic (exact) mass is 586 g/mol. The summed E-state index contributed by atoms with van der Waals surface area (Å²) in [5.74, 6) is 0.318. The van der Waals surface area contributed by atoms with Crippen molar-refractivity contribution in [3.05, 3.63) is 89.2 Å². The maximum absolute atomic E-state index is 12.3. The predicted molar refractivity (Wildman–Crippen MR) is 173 cm³/mol. The van der Waals surface area contributed by atoms with Crippen LogP contribution in [-0.4, -0.2) is 18.5 Å². The molecule has 43 heavy (non-hydrogen) atoms. The van der Waals surface area contributed by atoms with Crippen LogP contribution >= 0.6 is 0 Å². The molecular weight excluding hydrogens is 540 g/mol. The second kappa shape index (κ2) is 17.8. The number of unbranched alkanes of at least 4 members (excludes halogenated alkanes) is 3. The van der Waals surface area contributed by atoms with Crippen molar-refractivity contribution in [2.45, 2.75) is 85.9 Å². The lowest BCUT2D eigenvalue weighted by atomic mass is 9.99. The Balaban J connectivity index is 0.00000248. The van der Waals surface area contributed by atoms with E-state index in [0.717, 1.165) is 70.0 Å². The summed E-state index contributed by atoms with van der Waals surface area (Å²) in [7, 11) is 0. The Morgan fingerprint density at radius 2 is 1.74 bits per heavy atom. The van der Waals surface area contributed by atoms with Crippen LogP contribution in [0.3, 0.4) is 0 Å². The summed E-state index contributed by atoms with van der Waals surface area (Å²) in [4.78, 5) is 24.6. The van der Waals surface area contributed by atoms with Crippen LogP contribution in [0.15, 0.2) is 71.3 Å². The lowest BCUT2D eigenvalue weighted by Crippen LogP contribution is -2.22. The minimum absolute atomic E-state index is 0.0406. The summed E-state index contributed by atoms with van der Waals surface area (Å²) in [5.41, 5.74) is 12.3. The summed E-state index contributed by atoms with van der Waals surface area (Å²) < 4.78 is 17.3. The highest BCUT2D eigenvalue weighted by molar-refractivity contribution is 5.93. The number of amides is 1. The Morgan fingerprint density at radius 1 is 0.907 bits per heavy atom. The van der Waals surface area contributed by atoms with Gasteiger partial charge in [-0.05, 0) is 65.9 Å². The van der Waals surface area contributed by atoms with Gasteiger partial charge in [0.25, 0.3) is 0 Å². The van der Waals surface area contributed by atoms with E-state index >= 15 is 0 Å². The summed E-state index contributed by atoms with van der Waals surface area (Å²) in [6, 6.07) is 19.8. The third kappa shape index (κ3) is 10.00. The van der Waals surface area contributed by atoms with Crippen molar-refractivity contribution >= 4 is 22.8 Å². The van der Waals surface area contributed by atoms with Gasteiger partial charge in [0.15, 0.2) is 0 Å². The van der Waals surface area contributed by atoms with Crippen molar-refractivity contribution in [2.24, 2.45) is 5.73 Å². The molecule has 0 unspecified atom stereocenters. The van der Waals surface area contributed by atoms with Crippen LogP contribution in [0.4, 0.5) is 0 Å². The van der Waals surface area contributed by atoms with Crippen LogP contribution < -0.4 is 15.8 Å². The standard InChI is InChI=1S/C34H40N2O5.C2H6/c1-3-5-6-7-11-32(37)36-22-25-12-13-28(20-33(38)39-4-2)31(19-25)41-23-26-17-29-14-15-40-34(29)30(18-26)27-10-8-9-24(16-27)21-35;1-2/h8-10,12-19H,3-7,11,20-23,35H2,1-2H3,(H,36,37);1-2H3. The van der Waals surface area contributed by atoms with E-state index in [-0.39, 0.29) is 24.9 Å². The number of benzene rings is 3. The SMILES string of the molecule is CC.CCCCCCC(=O)NCc1ccc(CC(=O)OCC)c(OCc2cc(-c3cccc(CN)c3)c3occc3c2)c1. The first-order chi connectivity index (χ1) is 21.0. The molecule has 4 rings (SSSR count). The van der Waals surface area contributed by atoms with E-state index in [0.29, 0.717) is 31.9 Å². The molecule has 3 aromatic carbocycles. The Morgan fingerprint density at radius 3 is 2.51 bits per heavy atom. The Hall–Kier alpha value is -4.10. The van der Waals surface area contributed by atoms with Crippen molar-refractivity contribution in [1.82, 2.24) is 5.32 Å². The van der Waals surface area contributed by atoms with Crippen LogP contribution in [0, 0.1) is 0 Å². The van der Waals surface area contributed by atoms with E-state index in [1.807, 2.05) is 62.4 Å². The van der Waals surface area contributed by atoms with Gasteiger partial charge in [0.1, 0.15) is 17.9 Å². The van der Waals surface area contributed by atoms with Gasteiger partial charge in [0.05, 0.1) is 19.3 Å². The zero-order valence-electron chi connectivity index (χ0n) is 26.0. The predicted octanol–water partition coefficient (Wildman–Crippen LogP) is 7.86. The molecule has 0 aliphatic heterocycles. The molecule has 4 aromatic rings. The average molecular weight is 587 g/mol. The van der Waals surface area contributed by atoms with E-state index < -0.39 is 0 Å². The van der Waals surface area contributed by atoms with E-state index in [4.69, 9.17) is 19.6 Å². The highest BCUT2D eigenvalue weighted by Crippen LogP contribution is 2.32. The number of hydrogen-bond donors (Lipinski definition) is 2. The van der Waals surface area contributed by atoms with Crippen LogP contribution in [0.2, 0.25) is 0 Å². The van der Waals surface area contributed by atoms with Gasteiger partial charge in [-0.2, -0.15) is 0 Å². The highest BCUT2D eigenvalue weighted by atomic mass is 16.5. The third-order valence-electron chi connectivity index (χ3n) is 7.00. The topological polar surface area (TPSA) is 104 Å². The van der Waals surface area contributed by atoms with Crippen molar-refractivity contribution in [1.29, 1.82) is 0 Å². The summed E-state index contributed by atoms with van der Waals surface area (Å²) in [6.45, 7) is 9.39. The number of nitrogens with one attached hydrogen (secondary N) is 1. The first-order valence-corrected chi connectivity index (χ1v) is 15.5. The Labute approximate surface area is 255 Å². The van der Waals surface area contributed by atoms with Gasteiger partial charge >= 0.3 is 5.97 Å². The average Bonchev–Trinajstić information content (AvgIpc) is 3.51. The van der Waals surface area contributed by atoms with Crippen molar-refractivity contribution < 1.29 is 23.5 Å². The molecule has 7 heteroatoms. The molecule has 1 amide bonds. The molecule has 3 N–H and O–H groups in total. The molecule has 230 valence electrons. The van der Waals surface area contributed by atoms with E-state index in [1.165, 1.54) is 0 Å². The minimum Gasteiger partial charge on any atom is -0.489 e. The molecule has 0 radical (unpaired) electrons. The fourth-order valence-electron chi connectivity index (χ4n) is 4.83. The number of ether oxygens (including phenoxy) is 2. The maximum atomic E-state index is 12.3. The molecule has 0 fully saturated rings. The van der Waals surface area contributed by atoms with Gasteiger partial charge < -0.3 is 24.9 Å². The molecule has 0 spiro atoms. The second-order valence-electron chi connectivity index (χ2n) is 10.2. The lowest BCUT2D eigenvalue weighted by Gasteiger charge is -2.15. The second-order valence-corrected chi connectivity index (χ2v) is 10.2. The lowest BCUT2D eigenvalue weighted by molar-refractivity contribution is -0.142. The number of rotatable bonds is 15. The molecule has 1 heterocycles. The van der Waals surface area contributed by atoms with Gasteiger partial charge in [0.2, 0.25) is 5.91 Å². The fourth-order valence-corrected chi connectivity index (χ4v) is 4.83. The largest absolute Gasteiger partial charge is 0.489 e. The zero-order chi connectivity index (χ0) is 31.0. The molecule has 1 aromatic heterocycles.